The summed E-state index contributed by atoms with van der Waals surface area (Å²) in [5.41, 5.74) is 2.47. The summed E-state index contributed by atoms with van der Waals surface area (Å²) in [6.45, 7) is 3.01. The zero-order chi connectivity index (χ0) is 14.9. The number of hydrogen-bond acceptors (Lipinski definition) is 3. The van der Waals surface area contributed by atoms with Crippen LogP contribution in [0, 0.1) is 0 Å². The molecule has 2 aromatic rings. The molecule has 2 rings (SSSR count). The van der Waals surface area contributed by atoms with Crippen molar-refractivity contribution in [2.24, 2.45) is 0 Å². The van der Waals surface area contributed by atoms with E-state index in [2.05, 4.69) is 53.7 Å². The van der Waals surface area contributed by atoms with Crippen molar-refractivity contribution in [3.8, 4) is 5.75 Å². The number of anilines is 1. The highest BCUT2D eigenvalue weighted by atomic mass is 16.5. The standard InChI is InChI=1S/C18H24N2O/c1-20(15-16-8-6-11-18(14-16)21-2)13-7-12-19-17-9-4-3-5-10-17/h3-6,8-11,14,19H,7,12-13,15H2,1-2H3. The number of nitrogens with zero attached hydrogens (tertiary/aromatic N) is 1. The maximum Gasteiger partial charge on any atom is 0.119 e. The third-order valence-corrected chi connectivity index (χ3v) is 3.41. The summed E-state index contributed by atoms with van der Waals surface area (Å²) < 4.78 is 5.26. The highest BCUT2D eigenvalue weighted by Crippen LogP contribution is 2.14. The predicted octanol–water partition coefficient (Wildman–Crippen LogP) is 3.63. The molecule has 0 atom stereocenters. The van der Waals surface area contributed by atoms with Crippen LogP contribution in [-0.4, -0.2) is 32.1 Å². The van der Waals surface area contributed by atoms with Crippen molar-refractivity contribution in [1.29, 1.82) is 0 Å². The Hall–Kier alpha value is -2.00. The molecule has 0 fully saturated rings. The maximum atomic E-state index is 5.26. The molecule has 0 spiro atoms. The van der Waals surface area contributed by atoms with Crippen LogP contribution in [0.1, 0.15) is 12.0 Å². The topological polar surface area (TPSA) is 24.5 Å². The van der Waals surface area contributed by atoms with Crippen molar-refractivity contribution in [3.63, 3.8) is 0 Å². The average molecular weight is 284 g/mol. The molecule has 3 nitrogen and oxygen atoms in total. The number of rotatable bonds is 8. The minimum absolute atomic E-state index is 0.923. The van der Waals surface area contributed by atoms with E-state index in [1.165, 1.54) is 11.3 Å². The molecule has 0 heterocycles. The van der Waals surface area contributed by atoms with Crippen molar-refractivity contribution < 1.29 is 4.74 Å². The van der Waals surface area contributed by atoms with Crippen LogP contribution in [0.15, 0.2) is 54.6 Å². The molecule has 0 aromatic heterocycles. The van der Waals surface area contributed by atoms with E-state index in [0.717, 1.165) is 31.8 Å². The molecule has 0 saturated heterocycles. The van der Waals surface area contributed by atoms with E-state index in [0.29, 0.717) is 0 Å². The van der Waals surface area contributed by atoms with Gasteiger partial charge in [0.1, 0.15) is 5.75 Å². The first-order valence-corrected chi connectivity index (χ1v) is 7.38. The van der Waals surface area contributed by atoms with Crippen LogP contribution in [0.2, 0.25) is 0 Å². The quantitative estimate of drug-likeness (QED) is 0.749. The normalized spacial score (nSPS) is 10.6. The summed E-state index contributed by atoms with van der Waals surface area (Å²) in [5, 5.41) is 3.44. The van der Waals surface area contributed by atoms with Gasteiger partial charge in [-0.25, -0.2) is 0 Å². The summed E-state index contributed by atoms with van der Waals surface area (Å²) in [6, 6.07) is 18.6. The van der Waals surface area contributed by atoms with E-state index in [1.54, 1.807) is 7.11 Å². The van der Waals surface area contributed by atoms with Gasteiger partial charge in [0.05, 0.1) is 7.11 Å². The Morgan fingerprint density at radius 3 is 2.62 bits per heavy atom. The number of para-hydroxylation sites is 1. The SMILES string of the molecule is COc1cccc(CN(C)CCCNc2ccccc2)c1. The van der Waals surface area contributed by atoms with Crippen molar-refractivity contribution in [2.75, 3.05) is 32.6 Å². The largest absolute Gasteiger partial charge is 0.497 e. The molecule has 0 unspecified atom stereocenters. The molecule has 0 aliphatic rings. The van der Waals surface area contributed by atoms with Crippen molar-refractivity contribution >= 4 is 5.69 Å². The van der Waals surface area contributed by atoms with Gasteiger partial charge in [-0.1, -0.05) is 30.3 Å². The fourth-order valence-electron chi connectivity index (χ4n) is 2.30. The maximum absolute atomic E-state index is 5.26. The molecule has 2 aromatic carbocycles. The number of nitrogens with one attached hydrogen (secondary N) is 1. The number of ether oxygens (including phenoxy) is 1. The van der Waals surface area contributed by atoms with Gasteiger partial charge in [0.15, 0.2) is 0 Å². The fourth-order valence-corrected chi connectivity index (χ4v) is 2.30. The third kappa shape index (κ3) is 5.48. The monoisotopic (exact) mass is 284 g/mol. The van der Waals surface area contributed by atoms with Gasteiger partial charge in [0.25, 0.3) is 0 Å². The lowest BCUT2D eigenvalue weighted by molar-refractivity contribution is 0.324. The molecular weight excluding hydrogens is 260 g/mol. The second-order valence-corrected chi connectivity index (χ2v) is 5.24. The summed E-state index contributed by atoms with van der Waals surface area (Å²) in [5.74, 6) is 0.923. The Kier molecular flexibility index (Phi) is 6.10. The molecular formula is C18H24N2O. The van der Waals surface area contributed by atoms with Gasteiger partial charge in [0, 0.05) is 18.8 Å². The smallest absolute Gasteiger partial charge is 0.119 e. The Labute approximate surface area is 127 Å². The van der Waals surface area contributed by atoms with Crippen LogP contribution < -0.4 is 10.1 Å². The zero-order valence-electron chi connectivity index (χ0n) is 12.9. The van der Waals surface area contributed by atoms with E-state index < -0.39 is 0 Å². The lowest BCUT2D eigenvalue weighted by atomic mass is 10.2. The summed E-state index contributed by atoms with van der Waals surface area (Å²) in [6.07, 6.45) is 1.12. The highest BCUT2D eigenvalue weighted by molar-refractivity contribution is 5.42. The molecule has 0 aliphatic carbocycles. The van der Waals surface area contributed by atoms with E-state index in [-0.39, 0.29) is 0 Å². The summed E-state index contributed by atoms with van der Waals surface area (Å²) in [7, 11) is 3.86. The van der Waals surface area contributed by atoms with Gasteiger partial charge in [-0.2, -0.15) is 0 Å². The Morgan fingerprint density at radius 2 is 1.86 bits per heavy atom. The third-order valence-electron chi connectivity index (χ3n) is 3.41. The van der Waals surface area contributed by atoms with Crippen LogP contribution in [0.5, 0.6) is 5.75 Å². The first kappa shape index (κ1) is 15.4. The van der Waals surface area contributed by atoms with Gasteiger partial charge in [0.2, 0.25) is 0 Å². The molecule has 0 aliphatic heterocycles. The van der Waals surface area contributed by atoms with Crippen LogP contribution in [0.3, 0.4) is 0 Å². The van der Waals surface area contributed by atoms with E-state index in [1.807, 2.05) is 18.2 Å². The van der Waals surface area contributed by atoms with Gasteiger partial charge < -0.3 is 15.0 Å². The minimum Gasteiger partial charge on any atom is -0.497 e. The fraction of sp³-hybridized carbons (Fsp3) is 0.333. The van der Waals surface area contributed by atoms with Gasteiger partial charge in [-0.15, -0.1) is 0 Å². The average Bonchev–Trinajstić information content (AvgIpc) is 2.53. The predicted molar refractivity (Wildman–Crippen MR) is 88.9 cm³/mol. The summed E-state index contributed by atoms with van der Waals surface area (Å²) >= 11 is 0. The summed E-state index contributed by atoms with van der Waals surface area (Å²) in [4.78, 5) is 2.33. The molecule has 1 N–H and O–H groups in total. The van der Waals surface area contributed by atoms with E-state index >= 15 is 0 Å². The van der Waals surface area contributed by atoms with E-state index in [9.17, 15) is 0 Å². The zero-order valence-corrected chi connectivity index (χ0v) is 12.9. The highest BCUT2D eigenvalue weighted by Gasteiger charge is 2.01. The van der Waals surface area contributed by atoms with Crippen LogP contribution >= 0.6 is 0 Å². The van der Waals surface area contributed by atoms with Crippen LogP contribution in [-0.2, 0) is 6.54 Å². The van der Waals surface area contributed by atoms with Gasteiger partial charge in [-0.3, -0.25) is 0 Å². The van der Waals surface area contributed by atoms with Crippen molar-refractivity contribution in [2.45, 2.75) is 13.0 Å². The lowest BCUT2D eigenvalue weighted by Crippen LogP contribution is -2.21. The molecule has 0 saturated carbocycles. The molecule has 0 amide bonds. The lowest BCUT2D eigenvalue weighted by Gasteiger charge is -2.17. The Balaban J connectivity index is 1.68. The van der Waals surface area contributed by atoms with Crippen LogP contribution in [0.4, 0.5) is 5.69 Å². The first-order chi connectivity index (χ1) is 10.3. The molecule has 112 valence electrons. The Bertz CT molecular complexity index is 528. The van der Waals surface area contributed by atoms with Gasteiger partial charge in [-0.05, 0) is 49.8 Å². The van der Waals surface area contributed by atoms with Crippen LogP contribution in [0.25, 0.3) is 0 Å². The second kappa shape index (κ2) is 8.32. The molecule has 0 bridgehead atoms. The number of methoxy groups -OCH3 is 1. The number of benzene rings is 2. The van der Waals surface area contributed by atoms with E-state index in [4.69, 9.17) is 4.74 Å². The first-order valence-electron chi connectivity index (χ1n) is 7.38. The molecule has 3 heteroatoms. The number of hydrogen-bond donors (Lipinski definition) is 1. The Morgan fingerprint density at radius 1 is 1.05 bits per heavy atom. The van der Waals surface area contributed by atoms with Crippen molar-refractivity contribution in [3.05, 3.63) is 60.2 Å². The molecule has 21 heavy (non-hydrogen) atoms. The second-order valence-electron chi connectivity index (χ2n) is 5.24. The minimum atomic E-state index is 0.923. The molecule has 0 radical (unpaired) electrons. The van der Waals surface area contributed by atoms with Gasteiger partial charge >= 0.3 is 0 Å². The van der Waals surface area contributed by atoms with Crippen molar-refractivity contribution in [1.82, 2.24) is 4.90 Å².